The topological polar surface area (TPSA) is 36.9 Å². The third-order valence-electron chi connectivity index (χ3n) is 3.68. The Hall–Kier alpha value is -1.76. The normalized spacial score (nSPS) is 13.3. The van der Waals surface area contributed by atoms with Gasteiger partial charge in [0.2, 0.25) is 0 Å². The van der Waals surface area contributed by atoms with Crippen molar-refractivity contribution < 1.29 is 4.74 Å². The van der Waals surface area contributed by atoms with Crippen LogP contribution >= 0.6 is 24.0 Å². The summed E-state index contributed by atoms with van der Waals surface area (Å²) in [5, 5.41) is 3.36. The molecule has 0 aromatic heterocycles. The summed E-state index contributed by atoms with van der Waals surface area (Å²) >= 11 is 0. The lowest BCUT2D eigenvalue weighted by Gasteiger charge is -2.15. The molecule has 0 spiro atoms. The molecule has 0 aliphatic carbocycles. The quantitative estimate of drug-likeness (QED) is 0.751. The van der Waals surface area contributed by atoms with E-state index in [1.54, 1.807) is 0 Å². The van der Waals surface area contributed by atoms with Crippen molar-refractivity contribution in [1.29, 1.82) is 0 Å². The summed E-state index contributed by atoms with van der Waals surface area (Å²) in [6.45, 7) is 3.25. The van der Waals surface area contributed by atoms with Crippen LogP contribution in [0.2, 0.25) is 0 Å². The van der Waals surface area contributed by atoms with Crippen LogP contribution in [0.3, 0.4) is 0 Å². The Morgan fingerprint density at radius 3 is 2.43 bits per heavy atom. The lowest BCUT2D eigenvalue weighted by molar-refractivity contribution is 0.306. The maximum atomic E-state index is 5.79. The van der Waals surface area contributed by atoms with E-state index in [0.717, 1.165) is 31.3 Å². The molecule has 4 nitrogen and oxygen atoms in total. The van der Waals surface area contributed by atoms with Gasteiger partial charge < -0.3 is 15.0 Å². The van der Waals surface area contributed by atoms with E-state index < -0.39 is 0 Å². The number of likely N-dealkylation sites (N-methyl/N-ethyl adjacent to an activating group) is 1. The van der Waals surface area contributed by atoms with E-state index in [-0.39, 0.29) is 24.0 Å². The summed E-state index contributed by atoms with van der Waals surface area (Å²) in [4.78, 5) is 6.56. The van der Waals surface area contributed by atoms with E-state index in [9.17, 15) is 0 Å². The molecule has 0 bridgehead atoms. The molecule has 0 amide bonds. The van der Waals surface area contributed by atoms with Crippen molar-refractivity contribution in [1.82, 2.24) is 10.2 Å². The Balaban J connectivity index is 0.00000192. The smallest absolute Gasteiger partial charge is 0.194 e. The fraction of sp³-hybridized carbons (Fsp3) is 0.278. The molecule has 2 aromatic carbocycles. The monoisotopic (exact) mass is 423 g/mol. The van der Waals surface area contributed by atoms with Crippen molar-refractivity contribution in [3.05, 3.63) is 65.7 Å². The fourth-order valence-corrected chi connectivity index (χ4v) is 2.35. The first-order valence-corrected chi connectivity index (χ1v) is 7.56. The SMILES string of the molecule is CN1CCN=C1NCc1ccc(OCc2ccccc2)cc1.I. The number of halogens is 1. The van der Waals surface area contributed by atoms with Crippen LogP contribution in [0.25, 0.3) is 0 Å². The van der Waals surface area contributed by atoms with Crippen molar-refractivity contribution in [2.24, 2.45) is 4.99 Å². The molecule has 23 heavy (non-hydrogen) atoms. The second-order valence-corrected chi connectivity index (χ2v) is 5.40. The van der Waals surface area contributed by atoms with Gasteiger partial charge in [0.05, 0.1) is 6.54 Å². The molecular formula is C18H22IN3O. The van der Waals surface area contributed by atoms with Crippen molar-refractivity contribution in [2.45, 2.75) is 13.2 Å². The molecule has 0 fully saturated rings. The van der Waals surface area contributed by atoms with Gasteiger partial charge in [-0.3, -0.25) is 4.99 Å². The van der Waals surface area contributed by atoms with E-state index in [1.165, 1.54) is 11.1 Å². The summed E-state index contributed by atoms with van der Waals surface area (Å²) in [5.41, 5.74) is 2.39. The van der Waals surface area contributed by atoms with E-state index in [2.05, 4.69) is 46.5 Å². The van der Waals surface area contributed by atoms with Gasteiger partial charge in [-0.25, -0.2) is 0 Å². The van der Waals surface area contributed by atoms with E-state index in [4.69, 9.17) is 4.74 Å². The fourth-order valence-electron chi connectivity index (χ4n) is 2.35. The zero-order valence-corrected chi connectivity index (χ0v) is 15.6. The Bertz CT molecular complexity index is 628. The summed E-state index contributed by atoms with van der Waals surface area (Å²) in [7, 11) is 2.05. The zero-order chi connectivity index (χ0) is 15.2. The number of guanidine groups is 1. The molecule has 0 saturated carbocycles. The number of aliphatic imine (C=N–C) groups is 1. The number of nitrogens with zero attached hydrogens (tertiary/aromatic N) is 2. The molecule has 0 unspecified atom stereocenters. The molecule has 0 radical (unpaired) electrons. The van der Waals surface area contributed by atoms with Gasteiger partial charge in [-0.1, -0.05) is 42.5 Å². The predicted molar refractivity (Wildman–Crippen MR) is 104 cm³/mol. The molecule has 0 atom stereocenters. The Morgan fingerprint density at radius 1 is 1.04 bits per heavy atom. The van der Waals surface area contributed by atoms with Crippen LogP contribution in [-0.2, 0) is 13.2 Å². The molecule has 1 N–H and O–H groups in total. The first kappa shape index (κ1) is 17.6. The highest BCUT2D eigenvalue weighted by Crippen LogP contribution is 2.14. The van der Waals surface area contributed by atoms with Gasteiger partial charge in [-0.2, -0.15) is 0 Å². The number of rotatable bonds is 5. The number of benzene rings is 2. The zero-order valence-electron chi connectivity index (χ0n) is 13.2. The van der Waals surface area contributed by atoms with Gasteiger partial charge >= 0.3 is 0 Å². The Kier molecular flexibility index (Phi) is 6.70. The van der Waals surface area contributed by atoms with Crippen LogP contribution in [0.4, 0.5) is 0 Å². The number of hydrogen-bond acceptors (Lipinski definition) is 4. The number of hydrogen-bond donors (Lipinski definition) is 1. The van der Waals surface area contributed by atoms with E-state index in [1.807, 2.05) is 30.3 Å². The van der Waals surface area contributed by atoms with Gasteiger partial charge in [0, 0.05) is 20.1 Å². The van der Waals surface area contributed by atoms with Gasteiger partial charge in [0.25, 0.3) is 0 Å². The van der Waals surface area contributed by atoms with Crippen LogP contribution in [0.1, 0.15) is 11.1 Å². The maximum Gasteiger partial charge on any atom is 0.194 e. The van der Waals surface area contributed by atoms with Crippen LogP contribution < -0.4 is 10.1 Å². The molecule has 122 valence electrons. The summed E-state index contributed by atoms with van der Waals surface area (Å²) in [6.07, 6.45) is 0. The van der Waals surface area contributed by atoms with Crippen LogP contribution in [-0.4, -0.2) is 31.0 Å². The van der Waals surface area contributed by atoms with Crippen molar-refractivity contribution in [3.63, 3.8) is 0 Å². The standard InChI is InChI=1S/C18H21N3O.HI/c1-21-12-11-19-18(21)20-13-15-7-9-17(10-8-15)22-14-16-5-3-2-4-6-16;/h2-10H,11-14H2,1H3,(H,19,20);1H. The Labute approximate surface area is 154 Å². The first-order chi connectivity index (χ1) is 10.8. The molecule has 5 heteroatoms. The molecule has 1 aliphatic rings. The van der Waals surface area contributed by atoms with E-state index >= 15 is 0 Å². The highest BCUT2D eigenvalue weighted by atomic mass is 127. The Morgan fingerprint density at radius 2 is 1.78 bits per heavy atom. The molecular weight excluding hydrogens is 401 g/mol. The summed E-state index contributed by atoms with van der Waals surface area (Å²) in [5.74, 6) is 1.87. The molecule has 0 saturated heterocycles. The average molecular weight is 423 g/mol. The van der Waals surface area contributed by atoms with Crippen LogP contribution in [0.5, 0.6) is 5.75 Å². The minimum atomic E-state index is 0. The van der Waals surface area contributed by atoms with E-state index in [0.29, 0.717) is 6.61 Å². The second-order valence-electron chi connectivity index (χ2n) is 5.40. The number of ether oxygens (including phenoxy) is 1. The van der Waals surface area contributed by atoms with Gasteiger partial charge in [-0.05, 0) is 23.3 Å². The summed E-state index contributed by atoms with van der Waals surface area (Å²) < 4.78 is 5.79. The van der Waals surface area contributed by atoms with Crippen molar-refractivity contribution >= 4 is 29.9 Å². The van der Waals surface area contributed by atoms with Crippen LogP contribution in [0, 0.1) is 0 Å². The van der Waals surface area contributed by atoms with Crippen molar-refractivity contribution in [3.8, 4) is 5.75 Å². The van der Waals surface area contributed by atoms with Gasteiger partial charge in [0.15, 0.2) is 5.96 Å². The van der Waals surface area contributed by atoms with Gasteiger partial charge in [-0.15, -0.1) is 24.0 Å². The lowest BCUT2D eigenvalue weighted by atomic mass is 10.2. The first-order valence-electron chi connectivity index (χ1n) is 7.56. The van der Waals surface area contributed by atoms with Crippen LogP contribution in [0.15, 0.2) is 59.6 Å². The molecule has 1 heterocycles. The molecule has 3 rings (SSSR count). The lowest BCUT2D eigenvalue weighted by Crippen LogP contribution is -2.35. The average Bonchev–Trinajstić information content (AvgIpc) is 2.98. The maximum absolute atomic E-state index is 5.79. The molecule has 2 aromatic rings. The minimum absolute atomic E-state index is 0. The molecule has 1 aliphatic heterocycles. The van der Waals surface area contributed by atoms with Gasteiger partial charge in [0.1, 0.15) is 12.4 Å². The summed E-state index contributed by atoms with van der Waals surface area (Å²) in [6, 6.07) is 18.4. The predicted octanol–water partition coefficient (Wildman–Crippen LogP) is 3.27. The largest absolute Gasteiger partial charge is 0.489 e. The van der Waals surface area contributed by atoms with Crippen molar-refractivity contribution in [2.75, 3.05) is 20.1 Å². The second kappa shape index (κ2) is 8.76. The highest BCUT2D eigenvalue weighted by Gasteiger charge is 2.11. The third-order valence-corrected chi connectivity index (χ3v) is 3.68. The minimum Gasteiger partial charge on any atom is -0.489 e. The third kappa shape index (κ3) is 5.13. The highest BCUT2D eigenvalue weighted by molar-refractivity contribution is 14.0. The number of nitrogens with one attached hydrogen (secondary N) is 1.